The zero-order chi connectivity index (χ0) is 23.4. The largest absolute Gasteiger partial charge is 0.462 e. The molecule has 0 atom stereocenters. The zero-order valence-corrected chi connectivity index (χ0v) is 18.4. The number of pyridine rings is 1. The molecule has 0 unspecified atom stereocenters. The highest BCUT2D eigenvalue weighted by molar-refractivity contribution is 5.96. The predicted molar refractivity (Wildman–Crippen MR) is 121 cm³/mol. The van der Waals surface area contributed by atoms with Gasteiger partial charge >= 0.3 is 11.9 Å². The number of nitrogens with one attached hydrogen (secondary N) is 1. The fourth-order valence-electron chi connectivity index (χ4n) is 3.27. The Bertz CT molecular complexity index is 1320. The molecule has 0 bridgehead atoms. The number of hydrogen-bond acceptors (Lipinski definition) is 9. The molecule has 0 radical (unpaired) electrons. The number of rotatable bonds is 7. The number of aryl methyl sites for hydroxylation is 1. The molecular formula is C23H22N6O4. The quantitative estimate of drug-likeness (QED) is 0.424. The molecule has 3 heterocycles. The number of nitrogens with zero attached hydrogens (tertiary/aromatic N) is 5. The molecule has 0 spiro atoms. The standard InChI is InChI=1S/C23H22N6O4/c1-4-32-22(30)16-13-24-29(20-12-14(3)15-8-6-7-9-17(15)25-20)21(16)26-19-11-10-18(27-28-19)23(31)33-5-2/h6-13H,4-5H2,1-3H3,(H,26,28). The highest BCUT2D eigenvalue weighted by atomic mass is 16.5. The Labute approximate surface area is 189 Å². The van der Waals surface area contributed by atoms with Crippen LogP contribution in [0.1, 0.15) is 40.3 Å². The topological polar surface area (TPSA) is 121 Å². The van der Waals surface area contributed by atoms with Gasteiger partial charge in [-0.25, -0.2) is 14.6 Å². The Morgan fingerprint density at radius 2 is 1.76 bits per heavy atom. The average Bonchev–Trinajstić information content (AvgIpc) is 3.23. The van der Waals surface area contributed by atoms with Crippen LogP contribution in [-0.4, -0.2) is 50.1 Å². The van der Waals surface area contributed by atoms with Gasteiger partial charge in [-0.3, -0.25) is 0 Å². The Morgan fingerprint density at radius 3 is 2.48 bits per heavy atom. The molecular weight excluding hydrogens is 424 g/mol. The Balaban J connectivity index is 1.76. The van der Waals surface area contributed by atoms with Crippen molar-refractivity contribution in [1.29, 1.82) is 0 Å². The summed E-state index contributed by atoms with van der Waals surface area (Å²) in [7, 11) is 0. The first-order valence-corrected chi connectivity index (χ1v) is 10.4. The first-order chi connectivity index (χ1) is 16.0. The van der Waals surface area contributed by atoms with Gasteiger partial charge in [0.2, 0.25) is 0 Å². The number of fused-ring (bicyclic) bond motifs is 1. The number of aromatic nitrogens is 5. The summed E-state index contributed by atoms with van der Waals surface area (Å²) in [6, 6.07) is 12.7. The number of anilines is 2. The number of carbonyl (C=O) groups excluding carboxylic acids is 2. The fraction of sp³-hybridized carbons (Fsp3) is 0.217. The van der Waals surface area contributed by atoms with E-state index in [0.29, 0.717) is 17.5 Å². The SMILES string of the molecule is CCOC(=O)c1ccc(Nc2c(C(=O)OCC)cnn2-c2cc(C)c3ccccc3n2)nn1. The molecule has 0 aliphatic carbocycles. The third kappa shape index (κ3) is 4.49. The minimum absolute atomic E-state index is 0.0772. The van der Waals surface area contributed by atoms with Crippen LogP contribution in [0.5, 0.6) is 0 Å². The molecule has 0 aliphatic rings. The van der Waals surface area contributed by atoms with Crippen molar-refractivity contribution < 1.29 is 19.1 Å². The highest BCUT2D eigenvalue weighted by Crippen LogP contribution is 2.26. The lowest BCUT2D eigenvalue weighted by Crippen LogP contribution is -2.12. The zero-order valence-electron chi connectivity index (χ0n) is 18.4. The van der Waals surface area contributed by atoms with E-state index >= 15 is 0 Å². The normalized spacial score (nSPS) is 10.8. The Kier molecular flexibility index (Phi) is 6.25. The van der Waals surface area contributed by atoms with Gasteiger partial charge in [-0.1, -0.05) is 18.2 Å². The molecule has 0 saturated carbocycles. The number of carbonyl (C=O) groups is 2. The van der Waals surface area contributed by atoms with Crippen LogP contribution in [0.2, 0.25) is 0 Å². The second kappa shape index (κ2) is 9.43. The molecule has 1 aromatic carbocycles. The fourth-order valence-corrected chi connectivity index (χ4v) is 3.27. The van der Waals surface area contributed by atoms with Gasteiger partial charge in [-0.15, -0.1) is 10.2 Å². The summed E-state index contributed by atoms with van der Waals surface area (Å²) < 4.78 is 11.6. The van der Waals surface area contributed by atoms with E-state index in [1.54, 1.807) is 19.9 Å². The molecule has 10 heteroatoms. The monoisotopic (exact) mass is 446 g/mol. The number of benzene rings is 1. The van der Waals surface area contributed by atoms with Crippen molar-refractivity contribution in [3.63, 3.8) is 0 Å². The van der Waals surface area contributed by atoms with Gasteiger partial charge in [0.15, 0.2) is 23.1 Å². The molecule has 0 amide bonds. The van der Waals surface area contributed by atoms with Gasteiger partial charge in [-0.2, -0.15) is 9.78 Å². The summed E-state index contributed by atoms with van der Waals surface area (Å²) in [5.41, 5.74) is 2.09. The third-order valence-electron chi connectivity index (χ3n) is 4.79. The molecule has 4 aromatic rings. The summed E-state index contributed by atoms with van der Waals surface area (Å²) in [5.74, 6) is 0.0199. The average molecular weight is 446 g/mol. The Hall–Kier alpha value is -4.34. The van der Waals surface area contributed by atoms with Crippen molar-refractivity contribution >= 4 is 34.5 Å². The Morgan fingerprint density at radius 1 is 1.00 bits per heavy atom. The second-order valence-electron chi connectivity index (χ2n) is 7.00. The van der Waals surface area contributed by atoms with Crippen molar-refractivity contribution in [1.82, 2.24) is 25.0 Å². The van der Waals surface area contributed by atoms with Crippen LogP contribution in [0, 0.1) is 6.92 Å². The molecule has 0 saturated heterocycles. The van der Waals surface area contributed by atoms with E-state index in [9.17, 15) is 9.59 Å². The first kappa shape index (κ1) is 21.9. The number of para-hydroxylation sites is 1. The molecule has 0 aliphatic heterocycles. The van der Waals surface area contributed by atoms with Crippen molar-refractivity contribution in [3.8, 4) is 5.82 Å². The third-order valence-corrected chi connectivity index (χ3v) is 4.79. The van der Waals surface area contributed by atoms with Crippen LogP contribution < -0.4 is 5.32 Å². The molecule has 33 heavy (non-hydrogen) atoms. The van der Waals surface area contributed by atoms with E-state index in [-0.39, 0.29) is 24.5 Å². The van der Waals surface area contributed by atoms with E-state index in [0.717, 1.165) is 16.5 Å². The summed E-state index contributed by atoms with van der Waals surface area (Å²) >= 11 is 0. The summed E-state index contributed by atoms with van der Waals surface area (Å²) in [5, 5.41) is 16.4. The minimum atomic E-state index is -0.565. The van der Waals surface area contributed by atoms with E-state index in [1.807, 2.05) is 37.3 Å². The van der Waals surface area contributed by atoms with E-state index < -0.39 is 11.9 Å². The summed E-state index contributed by atoms with van der Waals surface area (Å²) in [4.78, 5) is 29.1. The van der Waals surface area contributed by atoms with Crippen molar-refractivity contribution in [2.75, 3.05) is 18.5 Å². The van der Waals surface area contributed by atoms with Crippen molar-refractivity contribution in [2.24, 2.45) is 0 Å². The van der Waals surface area contributed by atoms with Crippen LogP contribution in [0.4, 0.5) is 11.6 Å². The van der Waals surface area contributed by atoms with Crippen LogP contribution in [-0.2, 0) is 9.47 Å². The summed E-state index contributed by atoms with van der Waals surface area (Å²) in [6.07, 6.45) is 1.41. The van der Waals surface area contributed by atoms with Crippen LogP contribution >= 0.6 is 0 Å². The van der Waals surface area contributed by atoms with Gasteiger partial charge in [0, 0.05) is 5.39 Å². The van der Waals surface area contributed by atoms with Crippen LogP contribution in [0.25, 0.3) is 16.7 Å². The molecule has 0 fully saturated rings. The lowest BCUT2D eigenvalue weighted by atomic mass is 10.1. The summed E-state index contributed by atoms with van der Waals surface area (Å²) in [6.45, 7) is 5.87. The maximum Gasteiger partial charge on any atom is 0.358 e. The molecule has 3 aromatic heterocycles. The van der Waals surface area contributed by atoms with Crippen LogP contribution in [0.15, 0.2) is 48.7 Å². The molecule has 1 N–H and O–H groups in total. The molecule has 10 nitrogen and oxygen atoms in total. The smallest absolute Gasteiger partial charge is 0.358 e. The number of hydrogen-bond donors (Lipinski definition) is 1. The minimum Gasteiger partial charge on any atom is -0.462 e. The number of ether oxygens (including phenoxy) is 2. The predicted octanol–water partition coefficient (Wildman–Crippen LogP) is 3.62. The van der Waals surface area contributed by atoms with E-state index in [1.165, 1.54) is 16.9 Å². The lowest BCUT2D eigenvalue weighted by Gasteiger charge is -2.12. The molecule has 168 valence electrons. The van der Waals surface area contributed by atoms with Gasteiger partial charge in [0.1, 0.15) is 5.56 Å². The second-order valence-corrected chi connectivity index (χ2v) is 7.00. The number of esters is 2. The van der Waals surface area contributed by atoms with Crippen molar-refractivity contribution in [2.45, 2.75) is 20.8 Å². The van der Waals surface area contributed by atoms with E-state index in [2.05, 4.69) is 20.6 Å². The van der Waals surface area contributed by atoms with Crippen molar-refractivity contribution in [3.05, 3.63) is 65.5 Å². The highest BCUT2D eigenvalue weighted by Gasteiger charge is 2.22. The van der Waals surface area contributed by atoms with Gasteiger partial charge in [0.25, 0.3) is 0 Å². The van der Waals surface area contributed by atoms with Gasteiger partial charge in [0.05, 0.1) is 24.9 Å². The maximum absolute atomic E-state index is 12.6. The van der Waals surface area contributed by atoms with E-state index in [4.69, 9.17) is 14.5 Å². The van der Waals surface area contributed by atoms with Gasteiger partial charge < -0.3 is 14.8 Å². The van der Waals surface area contributed by atoms with Crippen LogP contribution in [0.3, 0.4) is 0 Å². The lowest BCUT2D eigenvalue weighted by molar-refractivity contribution is 0.0512. The maximum atomic E-state index is 12.6. The first-order valence-electron chi connectivity index (χ1n) is 10.4. The molecule has 4 rings (SSSR count). The van der Waals surface area contributed by atoms with Gasteiger partial charge in [-0.05, 0) is 50.6 Å².